The molecule has 1 fully saturated rings. The van der Waals surface area contributed by atoms with Gasteiger partial charge in [0.25, 0.3) is 5.91 Å². The van der Waals surface area contributed by atoms with E-state index in [0.717, 1.165) is 24.4 Å². The molecule has 3 heterocycles. The minimum absolute atomic E-state index is 0.0383. The summed E-state index contributed by atoms with van der Waals surface area (Å²) in [6.45, 7) is 4.42. The van der Waals surface area contributed by atoms with Gasteiger partial charge in [0.2, 0.25) is 0 Å². The molecule has 1 saturated heterocycles. The molecular weight excluding hydrogens is 471 g/mol. The minimum atomic E-state index is -4.50. The number of hydrogen-bond acceptors (Lipinski definition) is 4. The lowest BCUT2D eigenvalue weighted by Gasteiger charge is -2.32. The van der Waals surface area contributed by atoms with Gasteiger partial charge in [-0.05, 0) is 30.2 Å². The summed E-state index contributed by atoms with van der Waals surface area (Å²) in [4.78, 5) is 18.8. The van der Waals surface area contributed by atoms with Gasteiger partial charge in [-0.2, -0.15) is 18.3 Å². The number of carbonyl (C=O) groups is 1. The molecule has 0 saturated carbocycles. The first-order valence-electron chi connectivity index (χ1n) is 11.1. The van der Waals surface area contributed by atoms with Crippen LogP contribution in [0, 0.1) is 11.6 Å². The maximum atomic E-state index is 13.9. The Labute approximate surface area is 198 Å². The van der Waals surface area contributed by atoms with E-state index in [4.69, 9.17) is 4.74 Å². The summed E-state index contributed by atoms with van der Waals surface area (Å²) < 4.78 is 72.6. The SMILES string of the molecule is CC(C)c1c(C(=O)N2CCC(Oc3ccc(F)cc3F)CC2)cnn1-c1ccc(C(F)(F)F)cn1. The highest BCUT2D eigenvalue weighted by molar-refractivity contribution is 5.95. The van der Waals surface area contributed by atoms with Crippen LogP contribution in [0.4, 0.5) is 22.0 Å². The number of alkyl halides is 3. The van der Waals surface area contributed by atoms with E-state index in [1.165, 1.54) is 23.0 Å². The Hall–Kier alpha value is -3.50. The van der Waals surface area contributed by atoms with E-state index >= 15 is 0 Å². The standard InChI is InChI=1S/C24H23F5N4O2/c1-14(2)22-18(13-31-33(22)21-6-3-15(12-30-21)24(27,28)29)23(34)32-9-7-17(8-10-32)35-20-5-4-16(25)11-19(20)26/h3-6,11-14,17H,7-10H2,1-2H3. The molecule has 0 atom stereocenters. The van der Waals surface area contributed by atoms with Crippen LogP contribution in [0.2, 0.25) is 0 Å². The monoisotopic (exact) mass is 494 g/mol. The maximum Gasteiger partial charge on any atom is 0.417 e. The number of piperidine rings is 1. The Morgan fingerprint density at radius 3 is 2.37 bits per heavy atom. The largest absolute Gasteiger partial charge is 0.487 e. The summed E-state index contributed by atoms with van der Waals surface area (Å²) >= 11 is 0. The van der Waals surface area contributed by atoms with E-state index < -0.39 is 23.4 Å². The smallest absolute Gasteiger partial charge is 0.417 e. The number of ether oxygens (including phenoxy) is 1. The quantitative estimate of drug-likeness (QED) is 0.448. The van der Waals surface area contributed by atoms with Crippen molar-refractivity contribution >= 4 is 5.91 Å². The van der Waals surface area contributed by atoms with Crippen LogP contribution in [0.3, 0.4) is 0 Å². The molecule has 35 heavy (non-hydrogen) atoms. The fourth-order valence-corrected chi connectivity index (χ4v) is 4.04. The summed E-state index contributed by atoms with van der Waals surface area (Å²) in [5.41, 5.74) is 0.000993. The van der Waals surface area contributed by atoms with Crippen LogP contribution in [0.15, 0.2) is 42.7 Å². The number of carbonyl (C=O) groups excluding carboxylic acids is 1. The first-order valence-corrected chi connectivity index (χ1v) is 11.1. The highest BCUT2D eigenvalue weighted by Crippen LogP contribution is 2.30. The molecule has 0 radical (unpaired) electrons. The van der Waals surface area contributed by atoms with Gasteiger partial charge >= 0.3 is 6.18 Å². The Morgan fingerprint density at radius 2 is 1.80 bits per heavy atom. The normalized spacial score (nSPS) is 15.0. The molecule has 11 heteroatoms. The summed E-state index contributed by atoms with van der Waals surface area (Å²) in [6, 6.07) is 5.25. The zero-order valence-corrected chi connectivity index (χ0v) is 19.0. The van der Waals surface area contributed by atoms with Crippen molar-refractivity contribution in [2.45, 2.75) is 44.9 Å². The molecule has 0 aliphatic carbocycles. The average Bonchev–Trinajstić information content (AvgIpc) is 3.26. The van der Waals surface area contributed by atoms with Crippen molar-refractivity contribution < 1.29 is 31.5 Å². The topological polar surface area (TPSA) is 60.3 Å². The van der Waals surface area contributed by atoms with Crippen molar-refractivity contribution in [3.63, 3.8) is 0 Å². The van der Waals surface area contributed by atoms with Crippen molar-refractivity contribution in [3.8, 4) is 11.6 Å². The molecule has 1 amide bonds. The molecule has 1 aliphatic rings. The van der Waals surface area contributed by atoms with E-state index in [0.29, 0.717) is 37.2 Å². The van der Waals surface area contributed by atoms with Crippen LogP contribution in [0.25, 0.3) is 5.82 Å². The molecule has 2 aromatic heterocycles. The Balaban J connectivity index is 1.48. The lowest BCUT2D eigenvalue weighted by molar-refractivity contribution is -0.137. The number of aromatic nitrogens is 3. The molecule has 1 aromatic carbocycles. The van der Waals surface area contributed by atoms with Gasteiger partial charge in [-0.25, -0.2) is 18.4 Å². The molecule has 0 N–H and O–H groups in total. The Kier molecular flexibility index (Phi) is 6.77. The highest BCUT2D eigenvalue weighted by atomic mass is 19.4. The summed E-state index contributed by atoms with van der Waals surface area (Å²) in [7, 11) is 0. The summed E-state index contributed by atoms with van der Waals surface area (Å²) in [6.07, 6.45) is -1.80. The van der Waals surface area contributed by atoms with Crippen molar-refractivity contribution in [1.82, 2.24) is 19.7 Å². The first-order chi connectivity index (χ1) is 16.5. The van der Waals surface area contributed by atoms with Gasteiger partial charge in [0.1, 0.15) is 11.9 Å². The number of halogens is 5. The number of nitrogens with zero attached hydrogens (tertiary/aromatic N) is 4. The second-order valence-corrected chi connectivity index (χ2v) is 8.60. The molecule has 3 aromatic rings. The van der Waals surface area contributed by atoms with E-state index in [1.54, 1.807) is 4.90 Å². The minimum Gasteiger partial charge on any atom is -0.487 e. The van der Waals surface area contributed by atoms with Crippen molar-refractivity contribution in [3.05, 3.63) is 71.2 Å². The fourth-order valence-electron chi connectivity index (χ4n) is 4.04. The van der Waals surface area contributed by atoms with E-state index in [1.807, 2.05) is 13.8 Å². The van der Waals surface area contributed by atoms with Gasteiger partial charge in [0, 0.05) is 38.2 Å². The molecule has 1 aliphatic heterocycles. The summed E-state index contributed by atoms with van der Waals surface area (Å²) in [5, 5.41) is 4.23. The van der Waals surface area contributed by atoms with E-state index in [2.05, 4.69) is 10.1 Å². The van der Waals surface area contributed by atoms with Gasteiger partial charge in [-0.15, -0.1) is 0 Å². The predicted molar refractivity (Wildman–Crippen MR) is 116 cm³/mol. The van der Waals surface area contributed by atoms with Crippen LogP contribution in [-0.2, 0) is 6.18 Å². The van der Waals surface area contributed by atoms with Gasteiger partial charge in [-0.3, -0.25) is 4.79 Å². The molecule has 186 valence electrons. The van der Waals surface area contributed by atoms with E-state index in [9.17, 15) is 26.7 Å². The maximum absolute atomic E-state index is 13.9. The predicted octanol–water partition coefficient (Wildman–Crippen LogP) is 5.37. The third-order valence-electron chi connectivity index (χ3n) is 5.79. The van der Waals surface area contributed by atoms with E-state index in [-0.39, 0.29) is 29.5 Å². The summed E-state index contributed by atoms with van der Waals surface area (Å²) in [5.74, 6) is -1.77. The van der Waals surface area contributed by atoms with Crippen molar-refractivity contribution in [1.29, 1.82) is 0 Å². The average molecular weight is 494 g/mol. The third-order valence-corrected chi connectivity index (χ3v) is 5.79. The van der Waals surface area contributed by atoms with Gasteiger partial charge in [-0.1, -0.05) is 13.8 Å². The molecule has 4 rings (SSSR count). The number of rotatable bonds is 5. The molecule has 0 bridgehead atoms. The molecular formula is C24H23F5N4O2. The third kappa shape index (κ3) is 5.28. The lowest BCUT2D eigenvalue weighted by Crippen LogP contribution is -2.42. The van der Waals surface area contributed by atoms with Crippen LogP contribution in [-0.4, -0.2) is 44.8 Å². The zero-order valence-electron chi connectivity index (χ0n) is 19.0. The van der Waals surface area contributed by atoms with Crippen LogP contribution in [0.1, 0.15) is 54.2 Å². The molecule has 6 nitrogen and oxygen atoms in total. The molecule has 0 spiro atoms. The Bertz CT molecular complexity index is 1200. The zero-order chi connectivity index (χ0) is 25.3. The van der Waals surface area contributed by atoms with Gasteiger partial charge < -0.3 is 9.64 Å². The van der Waals surface area contributed by atoms with Gasteiger partial charge in [0.05, 0.1) is 23.0 Å². The fraction of sp³-hybridized carbons (Fsp3) is 0.375. The number of hydrogen-bond donors (Lipinski definition) is 0. The second-order valence-electron chi connectivity index (χ2n) is 8.60. The second kappa shape index (κ2) is 9.63. The Morgan fingerprint density at radius 1 is 1.09 bits per heavy atom. The van der Waals surface area contributed by atoms with Crippen molar-refractivity contribution in [2.75, 3.05) is 13.1 Å². The molecule has 0 unspecified atom stereocenters. The van der Waals surface area contributed by atoms with Crippen LogP contribution in [0.5, 0.6) is 5.75 Å². The number of amides is 1. The number of pyridine rings is 1. The first kappa shape index (κ1) is 24.6. The lowest BCUT2D eigenvalue weighted by atomic mass is 10.0. The van der Waals surface area contributed by atoms with Crippen LogP contribution < -0.4 is 4.74 Å². The number of benzene rings is 1. The number of likely N-dealkylation sites (tertiary alicyclic amines) is 1. The van der Waals surface area contributed by atoms with Crippen molar-refractivity contribution in [2.24, 2.45) is 0 Å². The van der Waals surface area contributed by atoms with Crippen LogP contribution >= 0.6 is 0 Å². The highest BCUT2D eigenvalue weighted by Gasteiger charge is 2.32. The van der Waals surface area contributed by atoms with Gasteiger partial charge in [0.15, 0.2) is 17.4 Å².